The number of halogens is 1. The second-order valence-corrected chi connectivity index (χ2v) is 7.48. The number of nitrogens with zero attached hydrogens (tertiary/aromatic N) is 2. The van der Waals surface area contributed by atoms with Crippen LogP contribution in [0.5, 0.6) is 0 Å². The predicted octanol–water partition coefficient (Wildman–Crippen LogP) is 2.94. The van der Waals surface area contributed by atoms with E-state index in [0.29, 0.717) is 22.2 Å². The quantitative estimate of drug-likeness (QED) is 0.634. The molecule has 7 nitrogen and oxygen atoms in total. The molecule has 0 saturated heterocycles. The number of fused-ring (bicyclic) bond motifs is 1. The van der Waals surface area contributed by atoms with Gasteiger partial charge in [0.1, 0.15) is 6.54 Å². The first kappa shape index (κ1) is 19.8. The standard InChI is InChI=1S/C20H19BrN4O3/c1-12(2)23-19(27)14-5-3-4-6-17(14)24-18(26)10-25-11-22-16-8-7-13(21)9-15(16)20(25)28/h3-9,11-12H,10H2,1-2H3,(H,23,27)(H,24,26). The zero-order valence-electron chi connectivity index (χ0n) is 15.4. The third-order valence-electron chi connectivity index (χ3n) is 3.97. The van der Waals surface area contributed by atoms with Crippen LogP contribution in [0.15, 0.2) is 58.1 Å². The lowest BCUT2D eigenvalue weighted by atomic mass is 10.1. The van der Waals surface area contributed by atoms with Gasteiger partial charge in [-0.2, -0.15) is 0 Å². The van der Waals surface area contributed by atoms with Gasteiger partial charge in [0.25, 0.3) is 11.5 Å². The van der Waals surface area contributed by atoms with Crippen molar-refractivity contribution in [2.75, 3.05) is 5.32 Å². The number of amides is 2. The number of carbonyl (C=O) groups is 2. The third-order valence-corrected chi connectivity index (χ3v) is 4.46. The highest BCUT2D eigenvalue weighted by Crippen LogP contribution is 2.16. The molecule has 0 aliphatic rings. The lowest BCUT2D eigenvalue weighted by Gasteiger charge is -2.13. The van der Waals surface area contributed by atoms with E-state index in [1.165, 1.54) is 10.9 Å². The van der Waals surface area contributed by atoms with Gasteiger partial charge in [-0.15, -0.1) is 0 Å². The molecule has 8 heteroatoms. The molecular formula is C20H19BrN4O3. The second-order valence-electron chi connectivity index (χ2n) is 6.56. The Labute approximate surface area is 169 Å². The molecule has 0 bridgehead atoms. The molecule has 0 radical (unpaired) electrons. The number of aromatic nitrogens is 2. The number of anilines is 1. The average Bonchev–Trinajstić information content (AvgIpc) is 2.64. The average molecular weight is 443 g/mol. The maximum absolute atomic E-state index is 12.6. The fourth-order valence-corrected chi connectivity index (χ4v) is 3.08. The number of hydrogen-bond donors (Lipinski definition) is 2. The van der Waals surface area contributed by atoms with Crippen LogP contribution in [0.3, 0.4) is 0 Å². The van der Waals surface area contributed by atoms with E-state index in [1.807, 2.05) is 13.8 Å². The van der Waals surface area contributed by atoms with Gasteiger partial charge in [-0.3, -0.25) is 19.0 Å². The first-order valence-corrected chi connectivity index (χ1v) is 9.49. The molecule has 0 fully saturated rings. The van der Waals surface area contributed by atoms with Crippen LogP contribution in [0.2, 0.25) is 0 Å². The first-order valence-electron chi connectivity index (χ1n) is 8.69. The molecule has 1 heterocycles. The summed E-state index contributed by atoms with van der Waals surface area (Å²) in [6.45, 7) is 3.50. The molecule has 144 valence electrons. The zero-order chi connectivity index (χ0) is 20.3. The zero-order valence-corrected chi connectivity index (χ0v) is 17.0. The largest absolute Gasteiger partial charge is 0.350 e. The molecule has 3 aromatic rings. The smallest absolute Gasteiger partial charge is 0.261 e. The Bertz CT molecular complexity index is 1110. The summed E-state index contributed by atoms with van der Waals surface area (Å²) in [5.41, 5.74) is 0.987. The molecule has 3 rings (SSSR count). The van der Waals surface area contributed by atoms with E-state index in [9.17, 15) is 14.4 Å². The van der Waals surface area contributed by atoms with Crippen molar-refractivity contribution in [3.8, 4) is 0 Å². The monoisotopic (exact) mass is 442 g/mol. The van der Waals surface area contributed by atoms with E-state index in [-0.39, 0.29) is 24.1 Å². The molecule has 1 aromatic heterocycles. The van der Waals surface area contributed by atoms with Crippen LogP contribution in [-0.2, 0) is 11.3 Å². The second kappa shape index (κ2) is 8.35. The summed E-state index contributed by atoms with van der Waals surface area (Å²) in [6.07, 6.45) is 1.34. The van der Waals surface area contributed by atoms with Crippen LogP contribution < -0.4 is 16.2 Å². The Morgan fingerprint density at radius 1 is 1.18 bits per heavy atom. The molecule has 0 saturated carbocycles. The molecule has 0 unspecified atom stereocenters. The van der Waals surface area contributed by atoms with Crippen molar-refractivity contribution in [3.05, 3.63) is 69.2 Å². The number of para-hydroxylation sites is 1. The summed E-state index contributed by atoms with van der Waals surface area (Å²) in [6, 6.07) is 11.9. The normalized spacial score (nSPS) is 10.9. The van der Waals surface area contributed by atoms with Crippen molar-refractivity contribution >= 4 is 44.3 Å². The molecule has 0 spiro atoms. The Morgan fingerprint density at radius 3 is 2.68 bits per heavy atom. The van der Waals surface area contributed by atoms with E-state index >= 15 is 0 Å². The van der Waals surface area contributed by atoms with E-state index in [2.05, 4.69) is 31.5 Å². The molecular weight excluding hydrogens is 424 g/mol. The molecule has 28 heavy (non-hydrogen) atoms. The van der Waals surface area contributed by atoms with Crippen LogP contribution in [0.25, 0.3) is 10.9 Å². The minimum atomic E-state index is -0.428. The van der Waals surface area contributed by atoms with Crippen LogP contribution in [0.1, 0.15) is 24.2 Å². The summed E-state index contributed by atoms with van der Waals surface area (Å²) in [4.78, 5) is 41.7. The van der Waals surface area contributed by atoms with Gasteiger partial charge in [0.15, 0.2) is 0 Å². The highest BCUT2D eigenvalue weighted by molar-refractivity contribution is 9.10. The van der Waals surface area contributed by atoms with Gasteiger partial charge in [-0.25, -0.2) is 4.98 Å². The lowest BCUT2D eigenvalue weighted by Crippen LogP contribution is -2.32. The van der Waals surface area contributed by atoms with Crippen molar-refractivity contribution in [1.82, 2.24) is 14.9 Å². The van der Waals surface area contributed by atoms with E-state index in [0.717, 1.165) is 4.47 Å². The maximum Gasteiger partial charge on any atom is 0.261 e. The number of nitrogens with one attached hydrogen (secondary N) is 2. The summed E-state index contributed by atoms with van der Waals surface area (Å²) in [5, 5.41) is 5.92. The van der Waals surface area contributed by atoms with Crippen LogP contribution in [-0.4, -0.2) is 27.4 Å². The topological polar surface area (TPSA) is 93.1 Å². The highest BCUT2D eigenvalue weighted by atomic mass is 79.9. The highest BCUT2D eigenvalue weighted by Gasteiger charge is 2.15. The minimum absolute atomic E-state index is 0.0298. The first-order chi connectivity index (χ1) is 13.3. The van der Waals surface area contributed by atoms with E-state index in [1.54, 1.807) is 42.5 Å². The van der Waals surface area contributed by atoms with Gasteiger partial charge in [0, 0.05) is 10.5 Å². The van der Waals surface area contributed by atoms with Gasteiger partial charge >= 0.3 is 0 Å². The van der Waals surface area contributed by atoms with Gasteiger partial charge in [-0.1, -0.05) is 28.1 Å². The summed E-state index contributed by atoms with van der Waals surface area (Å²) in [7, 11) is 0. The predicted molar refractivity (Wildman–Crippen MR) is 111 cm³/mol. The van der Waals surface area contributed by atoms with E-state index < -0.39 is 5.91 Å². The van der Waals surface area contributed by atoms with E-state index in [4.69, 9.17) is 0 Å². The number of carbonyl (C=O) groups excluding carboxylic acids is 2. The van der Waals surface area contributed by atoms with Gasteiger partial charge in [0.2, 0.25) is 5.91 Å². The van der Waals surface area contributed by atoms with Gasteiger partial charge in [-0.05, 0) is 44.2 Å². The summed E-state index contributed by atoms with van der Waals surface area (Å²) < 4.78 is 1.99. The molecule has 2 N–H and O–H groups in total. The number of hydrogen-bond acceptors (Lipinski definition) is 4. The molecule has 2 aromatic carbocycles. The molecule has 0 atom stereocenters. The summed E-state index contributed by atoms with van der Waals surface area (Å²) >= 11 is 3.33. The molecule has 2 amide bonds. The Kier molecular flexibility index (Phi) is 5.89. The lowest BCUT2D eigenvalue weighted by molar-refractivity contribution is -0.116. The summed E-state index contributed by atoms with van der Waals surface area (Å²) in [5.74, 6) is -0.705. The van der Waals surface area contributed by atoms with Crippen molar-refractivity contribution in [1.29, 1.82) is 0 Å². The molecule has 0 aliphatic carbocycles. The van der Waals surface area contributed by atoms with Gasteiger partial charge < -0.3 is 10.6 Å². The Balaban J connectivity index is 1.82. The van der Waals surface area contributed by atoms with Crippen LogP contribution >= 0.6 is 15.9 Å². The number of rotatable bonds is 5. The minimum Gasteiger partial charge on any atom is -0.350 e. The maximum atomic E-state index is 12.6. The Morgan fingerprint density at radius 2 is 1.93 bits per heavy atom. The fourth-order valence-electron chi connectivity index (χ4n) is 2.72. The number of benzene rings is 2. The van der Waals surface area contributed by atoms with Crippen LogP contribution in [0.4, 0.5) is 5.69 Å². The van der Waals surface area contributed by atoms with Crippen molar-refractivity contribution in [2.45, 2.75) is 26.4 Å². The SMILES string of the molecule is CC(C)NC(=O)c1ccccc1NC(=O)Cn1cnc2ccc(Br)cc2c1=O. The van der Waals surface area contributed by atoms with Crippen molar-refractivity contribution in [3.63, 3.8) is 0 Å². The fraction of sp³-hybridized carbons (Fsp3) is 0.200. The molecule has 0 aliphatic heterocycles. The van der Waals surface area contributed by atoms with Crippen molar-refractivity contribution in [2.24, 2.45) is 0 Å². The van der Waals surface area contributed by atoms with Crippen molar-refractivity contribution < 1.29 is 9.59 Å². The van der Waals surface area contributed by atoms with Crippen LogP contribution in [0, 0.1) is 0 Å². The Hall–Kier alpha value is -3.00. The third kappa shape index (κ3) is 4.45. The van der Waals surface area contributed by atoms with Gasteiger partial charge in [0.05, 0.1) is 28.5 Å².